The summed E-state index contributed by atoms with van der Waals surface area (Å²) in [6, 6.07) is 6.83. The van der Waals surface area contributed by atoms with Crippen LogP contribution in [-0.4, -0.2) is 28.0 Å². The Kier molecular flexibility index (Phi) is 4.95. The van der Waals surface area contributed by atoms with E-state index >= 15 is 0 Å². The van der Waals surface area contributed by atoms with E-state index in [4.69, 9.17) is 21.4 Å². The van der Waals surface area contributed by atoms with Crippen molar-refractivity contribution in [3.05, 3.63) is 53.3 Å². The monoisotopic (exact) mass is 320 g/mol. The fourth-order valence-electron chi connectivity index (χ4n) is 1.60. The molecule has 0 aliphatic carbocycles. The van der Waals surface area contributed by atoms with Crippen LogP contribution in [0.25, 0.3) is 0 Å². The summed E-state index contributed by atoms with van der Waals surface area (Å²) >= 11 is 6.09. The van der Waals surface area contributed by atoms with Gasteiger partial charge in [0.15, 0.2) is 0 Å². The molecular formula is C15H13ClN2O4. The standard InChI is InChI=1S/C15H13ClN2O4/c1-9(15(20)21)18-14(19)10-2-3-13(12(16)8-10)22-11-4-6-17-7-5-11/h2-9H,1H3,(H,18,19)(H,20,21)/t9-/m0/s1. The van der Waals surface area contributed by atoms with Gasteiger partial charge in [0.2, 0.25) is 0 Å². The number of benzene rings is 1. The number of halogens is 1. The Hall–Kier alpha value is -2.60. The summed E-state index contributed by atoms with van der Waals surface area (Å²) < 4.78 is 5.57. The van der Waals surface area contributed by atoms with Crippen LogP contribution in [0.4, 0.5) is 0 Å². The average molecular weight is 321 g/mol. The molecule has 7 heteroatoms. The highest BCUT2D eigenvalue weighted by Gasteiger charge is 2.16. The maximum atomic E-state index is 11.9. The summed E-state index contributed by atoms with van der Waals surface area (Å²) in [7, 11) is 0. The highest BCUT2D eigenvalue weighted by Crippen LogP contribution is 2.29. The molecule has 6 nitrogen and oxygen atoms in total. The fourth-order valence-corrected chi connectivity index (χ4v) is 1.82. The van der Waals surface area contributed by atoms with Crippen LogP contribution >= 0.6 is 11.6 Å². The van der Waals surface area contributed by atoms with Gasteiger partial charge >= 0.3 is 5.97 Å². The van der Waals surface area contributed by atoms with E-state index in [0.29, 0.717) is 11.5 Å². The van der Waals surface area contributed by atoms with E-state index in [9.17, 15) is 9.59 Å². The van der Waals surface area contributed by atoms with Gasteiger partial charge in [0.05, 0.1) is 5.02 Å². The molecule has 0 radical (unpaired) electrons. The lowest BCUT2D eigenvalue weighted by atomic mass is 10.2. The van der Waals surface area contributed by atoms with Crippen LogP contribution in [0.3, 0.4) is 0 Å². The first-order valence-corrected chi connectivity index (χ1v) is 6.76. The summed E-state index contributed by atoms with van der Waals surface area (Å²) in [5.41, 5.74) is 0.250. The molecular weight excluding hydrogens is 308 g/mol. The van der Waals surface area contributed by atoms with Crippen LogP contribution in [0.2, 0.25) is 5.02 Å². The number of amides is 1. The molecule has 2 rings (SSSR count). The zero-order valence-electron chi connectivity index (χ0n) is 11.6. The predicted molar refractivity (Wildman–Crippen MR) is 80.3 cm³/mol. The Balaban J connectivity index is 2.12. The molecule has 114 valence electrons. The van der Waals surface area contributed by atoms with Crippen LogP contribution in [0.15, 0.2) is 42.7 Å². The molecule has 0 aliphatic heterocycles. The Morgan fingerprint density at radius 3 is 2.55 bits per heavy atom. The second-order valence-corrected chi connectivity index (χ2v) is 4.87. The minimum atomic E-state index is -1.11. The molecule has 0 aliphatic rings. The number of nitrogens with zero attached hydrogens (tertiary/aromatic N) is 1. The molecule has 0 fully saturated rings. The Morgan fingerprint density at radius 1 is 1.27 bits per heavy atom. The lowest BCUT2D eigenvalue weighted by Gasteiger charge is -2.11. The molecule has 2 aromatic rings. The van der Waals surface area contributed by atoms with Gasteiger partial charge in [0, 0.05) is 18.0 Å². The number of pyridine rings is 1. The number of hydrogen-bond donors (Lipinski definition) is 2. The lowest BCUT2D eigenvalue weighted by Crippen LogP contribution is -2.38. The highest BCUT2D eigenvalue weighted by atomic mass is 35.5. The predicted octanol–water partition coefficient (Wildman–Crippen LogP) is 2.73. The molecule has 0 unspecified atom stereocenters. The van der Waals surface area contributed by atoms with Crippen molar-refractivity contribution in [2.45, 2.75) is 13.0 Å². The van der Waals surface area contributed by atoms with Gasteiger partial charge in [0.25, 0.3) is 5.91 Å². The number of hydrogen-bond acceptors (Lipinski definition) is 4. The van der Waals surface area contributed by atoms with Crippen molar-refractivity contribution in [2.24, 2.45) is 0 Å². The number of carboxylic acids is 1. The molecule has 1 aromatic carbocycles. The van der Waals surface area contributed by atoms with E-state index in [-0.39, 0.29) is 10.6 Å². The molecule has 22 heavy (non-hydrogen) atoms. The fraction of sp³-hybridized carbons (Fsp3) is 0.133. The molecule has 1 atom stereocenters. The van der Waals surface area contributed by atoms with Gasteiger partial charge in [-0.2, -0.15) is 0 Å². The third-order valence-electron chi connectivity index (χ3n) is 2.79. The zero-order valence-corrected chi connectivity index (χ0v) is 12.4. The van der Waals surface area contributed by atoms with Crippen molar-refractivity contribution in [1.82, 2.24) is 10.3 Å². The van der Waals surface area contributed by atoms with Crippen molar-refractivity contribution in [1.29, 1.82) is 0 Å². The van der Waals surface area contributed by atoms with Crippen LogP contribution in [0.5, 0.6) is 11.5 Å². The first-order valence-electron chi connectivity index (χ1n) is 6.38. The van der Waals surface area contributed by atoms with Gasteiger partial charge in [-0.15, -0.1) is 0 Å². The number of aliphatic carboxylic acids is 1. The van der Waals surface area contributed by atoms with Crippen LogP contribution in [0, 0.1) is 0 Å². The first-order chi connectivity index (χ1) is 10.5. The van der Waals surface area contributed by atoms with Crippen molar-refractivity contribution in [3.8, 4) is 11.5 Å². The number of carboxylic acid groups (broad SMARTS) is 1. The number of ether oxygens (including phenoxy) is 1. The smallest absolute Gasteiger partial charge is 0.325 e. The second kappa shape index (κ2) is 6.91. The van der Waals surface area contributed by atoms with Gasteiger partial charge in [-0.05, 0) is 37.3 Å². The summed E-state index contributed by atoms with van der Waals surface area (Å²) in [5, 5.41) is 11.4. The maximum Gasteiger partial charge on any atom is 0.325 e. The van der Waals surface area contributed by atoms with Crippen molar-refractivity contribution < 1.29 is 19.4 Å². The Morgan fingerprint density at radius 2 is 1.95 bits per heavy atom. The second-order valence-electron chi connectivity index (χ2n) is 4.46. The Labute approximate surface area is 131 Å². The van der Waals surface area contributed by atoms with Crippen LogP contribution in [-0.2, 0) is 4.79 Å². The first kappa shape index (κ1) is 15.8. The summed E-state index contributed by atoms with van der Waals surface area (Å²) in [6.07, 6.45) is 3.16. The van der Waals surface area contributed by atoms with E-state index in [1.807, 2.05) is 0 Å². The van der Waals surface area contributed by atoms with Crippen LogP contribution in [0.1, 0.15) is 17.3 Å². The van der Waals surface area contributed by atoms with E-state index < -0.39 is 17.9 Å². The third-order valence-corrected chi connectivity index (χ3v) is 3.09. The molecule has 1 amide bonds. The van der Waals surface area contributed by atoms with Crippen molar-refractivity contribution in [2.75, 3.05) is 0 Å². The summed E-state index contributed by atoms with van der Waals surface area (Å²) in [6.45, 7) is 1.38. The number of aromatic nitrogens is 1. The Bertz CT molecular complexity index is 691. The normalized spacial score (nSPS) is 11.5. The van der Waals surface area contributed by atoms with E-state index in [0.717, 1.165) is 0 Å². The minimum absolute atomic E-state index is 0.243. The highest BCUT2D eigenvalue weighted by molar-refractivity contribution is 6.32. The molecule has 0 bridgehead atoms. The number of carbonyl (C=O) groups excluding carboxylic acids is 1. The van der Waals surface area contributed by atoms with E-state index in [1.165, 1.54) is 19.1 Å². The van der Waals surface area contributed by atoms with E-state index in [1.54, 1.807) is 30.6 Å². The maximum absolute atomic E-state index is 11.9. The van der Waals surface area contributed by atoms with Gasteiger partial charge in [0.1, 0.15) is 17.5 Å². The lowest BCUT2D eigenvalue weighted by molar-refractivity contribution is -0.138. The molecule has 2 N–H and O–H groups in total. The quantitative estimate of drug-likeness (QED) is 0.884. The van der Waals surface area contributed by atoms with Crippen molar-refractivity contribution >= 4 is 23.5 Å². The number of carbonyl (C=O) groups is 2. The third kappa shape index (κ3) is 3.95. The minimum Gasteiger partial charge on any atom is -0.480 e. The van der Waals surface area contributed by atoms with E-state index in [2.05, 4.69) is 10.3 Å². The summed E-state index contributed by atoms with van der Waals surface area (Å²) in [5.74, 6) is -0.686. The number of nitrogens with one attached hydrogen (secondary N) is 1. The van der Waals surface area contributed by atoms with Crippen LogP contribution < -0.4 is 10.1 Å². The van der Waals surface area contributed by atoms with Gasteiger partial charge < -0.3 is 15.2 Å². The number of rotatable bonds is 5. The molecule has 0 saturated heterocycles. The largest absolute Gasteiger partial charge is 0.480 e. The molecule has 1 aromatic heterocycles. The van der Waals surface area contributed by atoms with Gasteiger partial charge in [-0.1, -0.05) is 11.6 Å². The topological polar surface area (TPSA) is 88.5 Å². The molecule has 1 heterocycles. The van der Waals surface area contributed by atoms with Crippen molar-refractivity contribution in [3.63, 3.8) is 0 Å². The zero-order chi connectivity index (χ0) is 16.1. The van der Waals surface area contributed by atoms with Gasteiger partial charge in [-0.25, -0.2) is 0 Å². The average Bonchev–Trinajstić information content (AvgIpc) is 2.50. The SMILES string of the molecule is C[C@H](NC(=O)c1ccc(Oc2ccncc2)c(Cl)c1)C(=O)O. The van der Waals surface area contributed by atoms with Gasteiger partial charge in [-0.3, -0.25) is 14.6 Å². The summed E-state index contributed by atoms with van der Waals surface area (Å²) in [4.78, 5) is 26.5. The molecule has 0 saturated carbocycles. The molecule has 0 spiro atoms.